The minimum absolute atomic E-state index is 0.0374. The van der Waals surface area contributed by atoms with E-state index in [-0.39, 0.29) is 6.85 Å². The van der Waals surface area contributed by atoms with E-state index in [1.165, 1.54) is 90.2 Å². The first-order chi connectivity index (χ1) is 25.8. The second kappa shape index (κ2) is 9.83. The topological polar surface area (TPSA) is 13.1 Å². The fourth-order valence-corrected chi connectivity index (χ4v) is 12.0. The molecule has 6 heterocycles. The highest BCUT2D eigenvalue weighted by Gasteiger charge is 2.42. The Morgan fingerprint density at radius 3 is 1.75 bits per heavy atom. The minimum atomic E-state index is 0.0374. The Morgan fingerprint density at radius 2 is 1.04 bits per heavy atom. The van der Waals surface area contributed by atoms with Crippen LogP contribution in [0, 0.1) is 0 Å². The monoisotopic (exact) mass is 695 g/mol. The predicted molar refractivity (Wildman–Crippen MR) is 225 cm³/mol. The van der Waals surface area contributed by atoms with Crippen molar-refractivity contribution in [2.75, 3.05) is 4.90 Å². The fraction of sp³-hybridized carbons (Fsp3) is 0. The van der Waals surface area contributed by atoms with Gasteiger partial charge < -0.3 is 13.9 Å². The van der Waals surface area contributed by atoms with Gasteiger partial charge in [-0.25, -0.2) is 0 Å². The average molecular weight is 696 g/mol. The van der Waals surface area contributed by atoms with Crippen LogP contribution in [0.4, 0.5) is 17.1 Å². The minimum Gasteiger partial charge on any atom is -0.367 e. The number of thiophene rings is 2. The second-order valence-electron chi connectivity index (χ2n) is 14.0. The van der Waals surface area contributed by atoms with E-state index in [9.17, 15) is 0 Å². The lowest BCUT2D eigenvalue weighted by molar-refractivity contribution is 1.18. The molecule has 3 nitrogen and oxygen atoms in total. The molecule has 0 unspecified atom stereocenters. The molecule has 11 aromatic rings. The molecule has 7 aromatic carbocycles. The first-order valence-electron chi connectivity index (χ1n) is 17.8. The van der Waals surface area contributed by atoms with E-state index in [0.29, 0.717) is 0 Å². The number of para-hydroxylation sites is 4. The van der Waals surface area contributed by atoms with Gasteiger partial charge in [-0.2, -0.15) is 0 Å². The van der Waals surface area contributed by atoms with Gasteiger partial charge in [-0.15, -0.1) is 22.7 Å². The van der Waals surface area contributed by atoms with E-state index in [1.807, 2.05) is 22.7 Å². The highest BCUT2D eigenvalue weighted by atomic mass is 32.1. The van der Waals surface area contributed by atoms with Crippen LogP contribution < -0.4 is 15.8 Å². The molecule has 0 spiro atoms. The molecule has 0 amide bonds. The molecule has 2 aliphatic heterocycles. The van der Waals surface area contributed by atoms with Crippen molar-refractivity contribution in [3.63, 3.8) is 0 Å². The van der Waals surface area contributed by atoms with Crippen molar-refractivity contribution in [3.05, 3.63) is 158 Å². The lowest BCUT2D eigenvalue weighted by Gasteiger charge is -2.35. The summed E-state index contributed by atoms with van der Waals surface area (Å²) in [6.45, 7) is 0.0374. The van der Waals surface area contributed by atoms with E-state index in [0.717, 1.165) is 17.1 Å². The van der Waals surface area contributed by atoms with E-state index >= 15 is 0 Å². The van der Waals surface area contributed by atoms with Crippen molar-refractivity contribution in [3.8, 4) is 16.8 Å². The normalized spacial score (nSPS) is 13.0. The van der Waals surface area contributed by atoms with E-state index in [1.54, 1.807) is 0 Å². The molecule has 0 saturated heterocycles. The Hall–Kier alpha value is -6.08. The quantitative estimate of drug-likeness (QED) is 0.168. The molecular weight excluding hydrogens is 669 g/mol. The first-order valence-corrected chi connectivity index (χ1v) is 19.4. The van der Waals surface area contributed by atoms with Gasteiger partial charge in [0.25, 0.3) is 0 Å². The van der Waals surface area contributed by atoms with Crippen LogP contribution in [0.3, 0.4) is 0 Å². The van der Waals surface area contributed by atoms with Crippen LogP contribution in [0.1, 0.15) is 0 Å². The molecular formula is C46H26BN3S2. The molecule has 6 heteroatoms. The van der Waals surface area contributed by atoms with Gasteiger partial charge in [0, 0.05) is 75.5 Å². The van der Waals surface area contributed by atoms with Crippen molar-refractivity contribution < 1.29 is 0 Å². The number of hydrogen-bond donors (Lipinski definition) is 0. The number of fused-ring (bicyclic) bond motifs is 14. The summed E-state index contributed by atoms with van der Waals surface area (Å²) in [6.07, 6.45) is 0. The number of benzene rings is 7. The third-order valence-corrected chi connectivity index (χ3v) is 13.8. The van der Waals surface area contributed by atoms with Gasteiger partial charge in [-0.1, -0.05) is 109 Å². The molecule has 4 aromatic heterocycles. The third kappa shape index (κ3) is 3.33. The standard InChI is InChI=1S/C46H26BN3S2/c1-3-13-27(14-4-1)48(28-15-5-2-6-16-28)29-25-35-30-19-11-20-33-41-32-18-8-10-24-39(32)52-46(41)50(43(30)33)47-36-22-12-21-34-40-31-17-7-9-23-38(31)51-45(40)49(44(34)36)37(26-29)42(35)47/h1-26H. The van der Waals surface area contributed by atoms with E-state index < -0.39 is 0 Å². The molecule has 0 aliphatic carbocycles. The van der Waals surface area contributed by atoms with E-state index in [2.05, 4.69) is 172 Å². The molecule has 0 saturated carbocycles. The number of anilines is 3. The van der Waals surface area contributed by atoms with Gasteiger partial charge in [0.1, 0.15) is 4.83 Å². The summed E-state index contributed by atoms with van der Waals surface area (Å²) in [5, 5.41) is 8.09. The number of rotatable bonds is 3. The number of hydrogen-bond acceptors (Lipinski definition) is 3. The smallest absolute Gasteiger partial charge is 0.333 e. The zero-order valence-corrected chi connectivity index (χ0v) is 29.4. The maximum Gasteiger partial charge on any atom is 0.333 e. The van der Waals surface area contributed by atoms with Gasteiger partial charge >= 0.3 is 6.85 Å². The predicted octanol–water partition coefficient (Wildman–Crippen LogP) is 11.7. The van der Waals surface area contributed by atoms with Gasteiger partial charge in [0.15, 0.2) is 0 Å². The van der Waals surface area contributed by atoms with Crippen LogP contribution in [0.25, 0.3) is 79.2 Å². The lowest BCUT2D eigenvalue weighted by Crippen LogP contribution is -2.55. The highest BCUT2D eigenvalue weighted by molar-refractivity contribution is 7.26. The van der Waals surface area contributed by atoms with Gasteiger partial charge in [-0.05, 0) is 65.0 Å². The van der Waals surface area contributed by atoms with Gasteiger partial charge in [0.2, 0.25) is 0 Å². The van der Waals surface area contributed by atoms with Crippen LogP contribution in [-0.4, -0.2) is 15.9 Å². The van der Waals surface area contributed by atoms with Crippen LogP contribution >= 0.6 is 22.7 Å². The second-order valence-corrected chi connectivity index (χ2v) is 16.1. The Bertz CT molecular complexity index is 3270. The summed E-state index contributed by atoms with van der Waals surface area (Å²) < 4.78 is 8.00. The van der Waals surface area contributed by atoms with Crippen LogP contribution in [0.5, 0.6) is 0 Å². The largest absolute Gasteiger partial charge is 0.367 e. The fourth-order valence-electron chi connectivity index (χ4n) is 9.52. The molecule has 0 fully saturated rings. The van der Waals surface area contributed by atoms with Crippen LogP contribution in [0.2, 0.25) is 0 Å². The van der Waals surface area contributed by atoms with Crippen molar-refractivity contribution in [1.29, 1.82) is 0 Å². The van der Waals surface area contributed by atoms with Crippen molar-refractivity contribution in [2.45, 2.75) is 0 Å². The third-order valence-electron chi connectivity index (χ3n) is 11.5. The molecule has 0 N–H and O–H groups in total. The molecule has 13 rings (SSSR count). The molecule has 2 aliphatic rings. The van der Waals surface area contributed by atoms with Crippen LogP contribution in [0.15, 0.2) is 158 Å². The SMILES string of the molecule is c1ccc(N(c2ccccc2)c2cc3c4c(c2)-n2c5sc6ccccc6c5c5cccc(c52)B4n2c4sc5ccccc5c4c4cccc-3c42)cc1. The summed E-state index contributed by atoms with van der Waals surface area (Å²) in [5.41, 5.74) is 12.8. The van der Waals surface area contributed by atoms with Crippen LogP contribution in [-0.2, 0) is 0 Å². The number of aromatic nitrogens is 2. The Kier molecular flexibility index (Phi) is 5.22. The maximum atomic E-state index is 2.71. The highest BCUT2D eigenvalue weighted by Crippen LogP contribution is 2.50. The zero-order valence-electron chi connectivity index (χ0n) is 27.7. The van der Waals surface area contributed by atoms with Crippen molar-refractivity contribution in [2.24, 2.45) is 0 Å². The Morgan fingerprint density at radius 1 is 0.462 bits per heavy atom. The zero-order chi connectivity index (χ0) is 33.7. The maximum absolute atomic E-state index is 2.71. The molecule has 0 bridgehead atoms. The molecule has 52 heavy (non-hydrogen) atoms. The van der Waals surface area contributed by atoms with E-state index in [4.69, 9.17) is 0 Å². The lowest BCUT2D eigenvalue weighted by atomic mass is 9.45. The first kappa shape index (κ1) is 27.6. The number of nitrogens with zero attached hydrogens (tertiary/aromatic N) is 3. The summed E-state index contributed by atoms with van der Waals surface area (Å²) >= 11 is 3.85. The van der Waals surface area contributed by atoms with Gasteiger partial charge in [0.05, 0.1) is 10.3 Å². The van der Waals surface area contributed by atoms with Gasteiger partial charge in [-0.3, -0.25) is 0 Å². The molecule has 0 atom stereocenters. The van der Waals surface area contributed by atoms with Crippen molar-refractivity contribution in [1.82, 2.24) is 9.05 Å². The summed E-state index contributed by atoms with van der Waals surface area (Å²) in [7, 11) is 0. The molecule has 240 valence electrons. The van der Waals surface area contributed by atoms with Crippen molar-refractivity contribution >= 4 is 120 Å². The summed E-state index contributed by atoms with van der Waals surface area (Å²) in [5.74, 6) is 0. The summed E-state index contributed by atoms with van der Waals surface area (Å²) in [6, 6.07) is 58.5. The molecule has 0 radical (unpaired) electrons. The Balaban J connectivity index is 1.25. The average Bonchev–Trinajstić information content (AvgIpc) is 3.94. The summed E-state index contributed by atoms with van der Waals surface area (Å²) in [4.78, 5) is 5.10. The Labute approximate surface area is 306 Å².